The van der Waals surface area contributed by atoms with Crippen LogP contribution in [0.5, 0.6) is 0 Å². The second-order valence-corrected chi connectivity index (χ2v) is 5.80. The van der Waals surface area contributed by atoms with Crippen molar-refractivity contribution in [1.29, 1.82) is 0 Å². The van der Waals surface area contributed by atoms with Gasteiger partial charge in [-0.05, 0) is 27.2 Å². The lowest BCUT2D eigenvalue weighted by Crippen LogP contribution is -2.35. The summed E-state index contributed by atoms with van der Waals surface area (Å²) in [6.45, 7) is 10.5. The highest BCUT2D eigenvalue weighted by Gasteiger charge is 2.31. The van der Waals surface area contributed by atoms with E-state index in [0.717, 1.165) is 0 Å². The molecule has 2 rings (SSSR count). The highest BCUT2D eigenvalue weighted by molar-refractivity contribution is 5.68. The zero-order valence-corrected chi connectivity index (χ0v) is 13.8. The quantitative estimate of drug-likeness (QED) is 0.618. The fourth-order valence-electron chi connectivity index (χ4n) is 2.07. The van der Waals surface area contributed by atoms with Crippen LogP contribution in [0.25, 0.3) is 0 Å². The fourth-order valence-corrected chi connectivity index (χ4v) is 2.07. The van der Waals surface area contributed by atoms with Gasteiger partial charge in [-0.25, -0.2) is 4.79 Å². The summed E-state index contributed by atoms with van der Waals surface area (Å²) < 4.78 is 6.84. The Kier molecular flexibility index (Phi) is 5.90. The van der Waals surface area contributed by atoms with Gasteiger partial charge in [0.2, 0.25) is 0 Å². The van der Waals surface area contributed by atoms with Gasteiger partial charge in [-0.3, -0.25) is 14.8 Å². The fraction of sp³-hybridized carbons (Fsp3) is 0.714. The zero-order valence-electron chi connectivity index (χ0n) is 13.8. The summed E-state index contributed by atoms with van der Waals surface area (Å²) in [5.74, 6) is 0. The average molecular weight is 312 g/mol. The lowest BCUT2D eigenvalue weighted by molar-refractivity contribution is -0.385. The molecule has 0 bridgehead atoms. The summed E-state index contributed by atoms with van der Waals surface area (Å²) in [6.07, 6.45) is 2.96. The lowest BCUT2D eigenvalue weighted by Gasteiger charge is -2.24. The van der Waals surface area contributed by atoms with Crippen molar-refractivity contribution in [3.8, 4) is 0 Å². The third-order valence-electron chi connectivity index (χ3n) is 2.99. The van der Waals surface area contributed by atoms with Crippen molar-refractivity contribution in [1.82, 2.24) is 14.7 Å². The predicted molar refractivity (Wildman–Crippen MR) is 81.7 cm³/mol. The van der Waals surface area contributed by atoms with Crippen LogP contribution >= 0.6 is 0 Å². The first-order valence-electron chi connectivity index (χ1n) is 7.43. The standard InChI is InChI=1S/C12H18N4O4.C2H6/c1-12(2,3)20-11(17)14-5-4-9(7-14)15-8-10(6-13-15)16(18)19;1-2/h6,8-9H,4-5,7H2,1-3H3;1-2H3. The van der Waals surface area contributed by atoms with Gasteiger partial charge in [0, 0.05) is 13.1 Å². The number of carbonyl (C=O) groups is 1. The topological polar surface area (TPSA) is 90.5 Å². The van der Waals surface area contributed by atoms with Gasteiger partial charge in [-0.1, -0.05) is 13.8 Å². The minimum absolute atomic E-state index is 0.0410. The molecule has 22 heavy (non-hydrogen) atoms. The van der Waals surface area contributed by atoms with Crippen molar-refractivity contribution in [2.45, 2.75) is 52.7 Å². The number of hydrogen-bond acceptors (Lipinski definition) is 5. The van der Waals surface area contributed by atoms with E-state index in [2.05, 4.69) is 5.10 Å². The molecule has 0 spiro atoms. The van der Waals surface area contributed by atoms with E-state index in [0.29, 0.717) is 19.5 Å². The van der Waals surface area contributed by atoms with Gasteiger partial charge in [0.1, 0.15) is 18.0 Å². The first-order chi connectivity index (χ1) is 10.3. The summed E-state index contributed by atoms with van der Waals surface area (Å²) in [5.41, 5.74) is -0.569. The Bertz CT molecular complexity index is 521. The van der Waals surface area contributed by atoms with Gasteiger partial charge in [0.25, 0.3) is 0 Å². The number of hydrogen-bond donors (Lipinski definition) is 0. The molecule has 8 nitrogen and oxygen atoms in total. The number of likely N-dealkylation sites (tertiary alicyclic amines) is 1. The third kappa shape index (κ3) is 4.71. The molecule has 0 aromatic carbocycles. The molecule has 2 heterocycles. The maximum Gasteiger partial charge on any atom is 0.410 e. The molecule has 1 aliphatic rings. The van der Waals surface area contributed by atoms with Crippen LogP contribution in [-0.4, -0.2) is 44.4 Å². The van der Waals surface area contributed by atoms with E-state index < -0.39 is 10.5 Å². The van der Waals surface area contributed by atoms with Gasteiger partial charge in [0.05, 0.1) is 11.0 Å². The number of nitrogens with zero attached hydrogens (tertiary/aromatic N) is 4. The van der Waals surface area contributed by atoms with E-state index >= 15 is 0 Å². The summed E-state index contributed by atoms with van der Waals surface area (Å²) in [6, 6.07) is -0.0452. The van der Waals surface area contributed by atoms with Crippen LogP contribution in [-0.2, 0) is 4.74 Å². The number of rotatable bonds is 2. The Hall–Kier alpha value is -2.12. The van der Waals surface area contributed by atoms with Crippen LogP contribution < -0.4 is 0 Å². The minimum atomic E-state index is -0.528. The molecule has 1 aliphatic heterocycles. The number of amides is 1. The number of nitro groups is 1. The minimum Gasteiger partial charge on any atom is -0.444 e. The van der Waals surface area contributed by atoms with E-state index in [9.17, 15) is 14.9 Å². The molecule has 0 aliphatic carbocycles. The van der Waals surface area contributed by atoms with E-state index in [-0.39, 0.29) is 17.8 Å². The maximum atomic E-state index is 11.9. The first kappa shape index (κ1) is 17.9. The van der Waals surface area contributed by atoms with Crippen molar-refractivity contribution in [2.75, 3.05) is 13.1 Å². The molecule has 8 heteroatoms. The second-order valence-electron chi connectivity index (χ2n) is 5.80. The highest BCUT2D eigenvalue weighted by Crippen LogP contribution is 2.24. The lowest BCUT2D eigenvalue weighted by atomic mass is 10.2. The van der Waals surface area contributed by atoms with Gasteiger partial charge < -0.3 is 9.64 Å². The van der Waals surface area contributed by atoms with Crippen LogP contribution in [0.15, 0.2) is 12.4 Å². The molecule has 124 valence electrons. The Morgan fingerprint density at radius 2 is 2.09 bits per heavy atom. The zero-order chi connectivity index (χ0) is 16.9. The van der Waals surface area contributed by atoms with Gasteiger partial charge in [0.15, 0.2) is 0 Å². The molecule has 1 atom stereocenters. The third-order valence-corrected chi connectivity index (χ3v) is 2.99. The van der Waals surface area contributed by atoms with Crippen LogP contribution in [0, 0.1) is 10.1 Å². The van der Waals surface area contributed by atoms with E-state index in [1.165, 1.54) is 12.4 Å². The molecule has 1 unspecified atom stereocenters. The number of ether oxygens (including phenoxy) is 1. The normalized spacial score (nSPS) is 17.7. The summed E-state index contributed by atoms with van der Waals surface area (Å²) in [4.78, 5) is 23.7. The number of aromatic nitrogens is 2. The summed E-state index contributed by atoms with van der Waals surface area (Å²) in [7, 11) is 0. The Morgan fingerprint density at radius 3 is 2.59 bits per heavy atom. The SMILES string of the molecule is CC.CC(C)(C)OC(=O)N1CCC(n2cc([N+](=O)[O-])cn2)C1. The van der Waals surface area contributed by atoms with Crippen LogP contribution in [0.1, 0.15) is 47.1 Å². The van der Waals surface area contributed by atoms with Crippen molar-refractivity contribution >= 4 is 11.8 Å². The van der Waals surface area contributed by atoms with Crippen molar-refractivity contribution in [3.63, 3.8) is 0 Å². The van der Waals surface area contributed by atoms with Gasteiger partial charge in [-0.2, -0.15) is 5.10 Å². The van der Waals surface area contributed by atoms with E-state index in [4.69, 9.17) is 4.74 Å². The second kappa shape index (κ2) is 7.24. The van der Waals surface area contributed by atoms with Crippen LogP contribution in [0.3, 0.4) is 0 Å². The van der Waals surface area contributed by atoms with Crippen LogP contribution in [0.4, 0.5) is 10.5 Å². The summed E-state index contributed by atoms with van der Waals surface area (Å²) in [5, 5.41) is 14.6. The molecule has 1 saturated heterocycles. The average Bonchev–Trinajstić information content (AvgIpc) is 3.08. The van der Waals surface area contributed by atoms with Crippen molar-refractivity contribution < 1.29 is 14.5 Å². The molecular weight excluding hydrogens is 288 g/mol. The Morgan fingerprint density at radius 1 is 1.45 bits per heavy atom. The molecule has 0 saturated carbocycles. The Balaban J connectivity index is 0.00000116. The predicted octanol–water partition coefficient (Wildman–Crippen LogP) is 3.00. The highest BCUT2D eigenvalue weighted by atomic mass is 16.6. The van der Waals surface area contributed by atoms with E-state index in [1.807, 2.05) is 34.6 Å². The number of carbonyl (C=O) groups excluding carboxylic acids is 1. The summed E-state index contributed by atoms with van der Waals surface area (Å²) >= 11 is 0. The van der Waals surface area contributed by atoms with Gasteiger partial charge in [-0.15, -0.1) is 0 Å². The first-order valence-corrected chi connectivity index (χ1v) is 7.43. The molecule has 0 N–H and O–H groups in total. The maximum absolute atomic E-state index is 11.9. The Labute approximate surface area is 130 Å². The van der Waals surface area contributed by atoms with Crippen molar-refractivity contribution in [3.05, 3.63) is 22.5 Å². The van der Waals surface area contributed by atoms with Crippen molar-refractivity contribution in [2.24, 2.45) is 0 Å². The largest absolute Gasteiger partial charge is 0.444 e. The molecule has 1 fully saturated rings. The monoisotopic (exact) mass is 312 g/mol. The van der Waals surface area contributed by atoms with Gasteiger partial charge >= 0.3 is 11.8 Å². The van der Waals surface area contributed by atoms with Crippen LogP contribution in [0.2, 0.25) is 0 Å². The smallest absolute Gasteiger partial charge is 0.410 e. The molecule has 1 aromatic rings. The molecular formula is C14H24N4O4. The molecule has 1 amide bonds. The van der Waals surface area contributed by atoms with E-state index in [1.54, 1.807) is 9.58 Å². The molecule has 1 aromatic heterocycles. The molecule has 0 radical (unpaired) electrons.